The maximum atomic E-state index is 13.0. The Labute approximate surface area is 235 Å². The van der Waals surface area contributed by atoms with Gasteiger partial charge in [-0.1, -0.05) is 48.3 Å². The van der Waals surface area contributed by atoms with Crippen molar-refractivity contribution < 1.29 is 29.0 Å². The van der Waals surface area contributed by atoms with Crippen molar-refractivity contribution in [1.82, 2.24) is 4.98 Å². The molecule has 0 saturated heterocycles. The lowest BCUT2D eigenvalue weighted by Gasteiger charge is -2.23. The minimum Gasteiger partial charge on any atom is -0.479 e. The first-order valence-corrected chi connectivity index (χ1v) is 12.8. The minimum atomic E-state index is -1.07. The van der Waals surface area contributed by atoms with E-state index in [0.29, 0.717) is 32.6 Å². The third-order valence-corrected chi connectivity index (χ3v) is 6.99. The highest BCUT2D eigenvalue weighted by atomic mass is 35.5. The lowest BCUT2D eigenvalue weighted by molar-refractivity contribution is 0.0173. The van der Waals surface area contributed by atoms with Crippen LogP contribution in [0, 0.1) is 11.8 Å². The second-order valence-electron chi connectivity index (χ2n) is 9.23. The van der Waals surface area contributed by atoms with E-state index >= 15 is 0 Å². The number of nitrogens with zero attached hydrogens (tertiary/aromatic N) is 3. The first-order valence-electron chi connectivity index (χ1n) is 12.1. The topological polar surface area (TPSA) is 111 Å². The van der Waals surface area contributed by atoms with Gasteiger partial charge in [0.25, 0.3) is 5.91 Å². The lowest BCUT2D eigenvalue weighted by atomic mass is 9.87. The average Bonchev–Trinajstić information content (AvgIpc) is 3.34. The quantitative estimate of drug-likeness (QED) is 0.344. The highest BCUT2D eigenvalue weighted by Crippen LogP contribution is 2.35. The Morgan fingerprint density at radius 1 is 1.05 bits per heavy atom. The van der Waals surface area contributed by atoms with Gasteiger partial charge in [0, 0.05) is 24.2 Å². The molecular formula is C28H27Cl2N3O6. The SMILES string of the molecule is COc1nc(OCC2C(c3c(Cl)cccc3Cl)=NOC2C(C)C)ccc1N(C)C(=O)c1ccc(C(=O)O)cc1. The van der Waals surface area contributed by atoms with Gasteiger partial charge in [0.2, 0.25) is 11.8 Å². The van der Waals surface area contributed by atoms with Gasteiger partial charge >= 0.3 is 5.97 Å². The van der Waals surface area contributed by atoms with E-state index in [1.54, 1.807) is 37.4 Å². The van der Waals surface area contributed by atoms with E-state index in [0.717, 1.165) is 0 Å². The number of oxime groups is 1. The zero-order valence-corrected chi connectivity index (χ0v) is 23.2. The average molecular weight is 572 g/mol. The number of amides is 1. The van der Waals surface area contributed by atoms with Gasteiger partial charge in [-0.2, -0.15) is 4.98 Å². The molecule has 39 heavy (non-hydrogen) atoms. The first-order chi connectivity index (χ1) is 18.6. The van der Waals surface area contributed by atoms with E-state index in [1.807, 2.05) is 13.8 Å². The summed E-state index contributed by atoms with van der Waals surface area (Å²) in [6, 6.07) is 14.2. The van der Waals surface area contributed by atoms with E-state index in [-0.39, 0.29) is 47.8 Å². The summed E-state index contributed by atoms with van der Waals surface area (Å²) >= 11 is 12.9. The number of carboxylic acid groups (broad SMARTS) is 1. The lowest BCUT2D eigenvalue weighted by Crippen LogP contribution is -2.33. The summed E-state index contributed by atoms with van der Waals surface area (Å²) in [5, 5.41) is 14.3. The van der Waals surface area contributed by atoms with Crippen molar-refractivity contribution in [2.45, 2.75) is 20.0 Å². The Hall–Kier alpha value is -3.82. The van der Waals surface area contributed by atoms with Crippen molar-refractivity contribution in [1.29, 1.82) is 0 Å². The number of halogens is 2. The smallest absolute Gasteiger partial charge is 0.335 e. The fourth-order valence-electron chi connectivity index (χ4n) is 4.28. The second kappa shape index (κ2) is 11.9. The molecule has 1 aliphatic rings. The van der Waals surface area contributed by atoms with Crippen LogP contribution in [0.15, 0.2) is 59.8 Å². The van der Waals surface area contributed by atoms with Crippen molar-refractivity contribution in [3.63, 3.8) is 0 Å². The summed E-state index contributed by atoms with van der Waals surface area (Å²) < 4.78 is 11.5. The van der Waals surface area contributed by atoms with Gasteiger partial charge in [0.15, 0.2) is 0 Å². The predicted molar refractivity (Wildman–Crippen MR) is 149 cm³/mol. The molecule has 0 saturated carbocycles. The van der Waals surface area contributed by atoms with Crippen molar-refractivity contribution in [3.05, 3.63) is 81.3 Å². The van der Waals surface area contributed by atoms with E-state index in [9.17, 15) is 9.59 Å². The second-order valence-corrected chi connectivity index (χ2v) is 10.0. The molecule has 3 aromatic rings. The van der Waals surface area contributed by atoms with Crippen LogP contribution in [0.3, 0.4) is 0 Å². The molecule has 1 aromatic heterocycles. The summed E-state index contributed by atoms with van der Waals surface area (Å²) in [6.45, 7) is 4.24. The summed E-state index contributed by atoms with van der Waals surface area (Å²) in [6.07, 6.45) is -0.259. The number of carboxylic acids is 1. The zero-order valence-electron chi connectivity index (χ0n) is 21.7. The molecule has 2 heterocycles. The molecule has 0 aliphatic carbocycles. The number of hydrogen-bond donors (Lipinski definition) is 1. The number of benzene rings is 2. The molecule has 2 unspecified atom stereocenters. The largest absolute Gasteiger partial charge is 0.479 e. The third kappa shape index (κ3) is 5.94. The summed E-state index contributed by atoms with van der Waals surface area (Å²) in [4.78, 5) is 35.7. The highest BCUT2D eigenvalue weighted by molar-refractivity contribution is 6.40. The monoisotopic (exact) mass is 571 g/mol. The molecule has 204 valence electrons. The molecule has 0 radical (unpaired) electrons. The van der Waals surface area contributed by atoms with Crippen molar-refractivity contribution in [2.24, 2.45) is 17.0 Å². The maximum absolute atomic E-state index is 13.0. The summed E-state index contributed by atoms with van der Waals surface area (Å²) in [7, 11) is 3.02. The molecule has 9 nitrogen and oxygen atoms in total. The van der Waals surface area contributed by atoms with Crippen LogP contribution < -0.4 is 14.4 Å². The van der Waals surface area contributed by atoms with E-state index in [4.69, 9.17) is 42.6 Å². The van der Waals surface area contributed by atoms with Crippen molar-refractivity contribution in [3.8, 4) is 11.8 Å². The van der Waals surface area contributed by atoms with Crippen molar-refractivity contribution >= 4 is 46.5 Å². The predicted octanol–water partition coefficient (Wildman–Crippen LogP) is 5.83. The molecular weight excluding hydrogens is 545 g/mol. The highest BCUT2D eigenvalue weighted by Gasteiger charge is 2.39. The molecule has 0 spiro atoms. The van der Waals surface area contributed by atoms with Crippen LogP contribution in [0.4, 0.5) is 5.69 Å². The van der Waals surface area contributed by atoms with Crippen LogP contribution in [-0.4, -0.2) is 54.5 Å². The Kier molecular flexibility index (Phi) is 8.62. The molecule has 1 aliphatic heterocycles. The molecule has 0 bridgehead atoms. The number of carbonyl (C=O) groups is 2. The zero-order chi connectivity index (χ0) is 28.3. The number of carbonyl (C=O) groups excluding carboxylic acids is 1. The van der Waals surface area contributed by atoms with Gasteiger partial charge in [-0.05, 0) is 48.4 Å². The molecule has 11 heteroatoms. The molecule has 2 aromatic carbocycles. The number of aromatic nitrogens is 1. The van der Waals surface area contributed by atoms with Crippen LogP contribution in [0.25, 0.3) is 0 Å². The maximum Gasteiger partial charge on any atom is 0.335 e. The Morgan fingerprint density at radius 2 is 1.69 bits per heavy atom. The Morgan fingerprint density at radius 3 is 2.28 bits per heavy atom. The first kappa shape index (κ1) is 28.2. The molecule has 0 fully saturated rings. The van der Waals surface area contributed by atoms with E-state index in [1.165, 1.54) is 36.3 Å². The molecule has 1 amide bonds. The van der Waals surface area contributed by atoms with Gasteiger partial charge < -0.3 is 24.3 Å². The van der Waals surface area contributed by atoms with Gasteiger partial charge in [-0.15, -0.1) is 0 Å². The summed E-state index contributed by atoms with van der Waals surface area (Å²) in [5.74, 6) is -1.11. The van der Waals surface area contributed by atoms with E-state index < -0.39 is 5.97 Å². The van der Waals surface area contributed by atoms with Gasteiger partial charge in [0.05, 0.1) is 28.6 Å². The van der Waals surface area contributed by atoms with Crippen LogP contribution >= 0.6 is 23.2 Å². The number of methoxy groups -OCH3 is 1. The Balaban J connectivity index is 1.53. The van der Waals surface area contributed by atoms with Crippen LogP contribution in [-0.2, 0) is 4.84 Å². The number of hydrogen-bond acceptors (Lipinski definition) is 7. The van der Waals surface area contributed by atoms with Crippen LogP contribution in [0.1, 0.15) is 40.1 Å². The number of pyridine rings is 1. The van der Waals surface area contributed by atoms with Crippen LogP contribution in [0.2, 0.25) is 10.0 Å². The van der Waals surface area contributed by atoms with Gasteiger partial charge in [-0.25, -0.2) is 4.79 Å². The Bertz CT molecular complexity index is 1390. The molecule has 2 atom stereocenters. The van der Waals surface area contributed by atoms with E-state index in [2.05, 4.69) is 10.1 Å². The minimum absolute atomic E-state index is 0.0901. The fourth-order valence-corrected chi connectivity index (χ4v) is 4.87. The van der Waals surface area contributed by atoms with Gasteiger partial charge in [0.1, 0.15) is 24.1 Å². The summed E-state index contributed by atoms with van der Waals surface area (Å²) in [5.41, 5.74) is 2.02. The fraction of sp³-hybridized carbons (Fsp3) is 0.286. The standard InChI is InChI=1S/C28H27Cl2N3O6/c1-15(2)25-18(24(32-39-25)23-19(29)6-5-7-20(23)30)14-38-22-13-12-21(26(31-22)37-4)33(3)27(34)16-8-10-17(11-9-16)28(35)36/h5-13,15,18,25H,14H2,1-4H3,(H,35,36). The third-order valence-electron chi connectivity index (χ3n) is 6.36. The van der Waals surface area contributed by atoms with Crippen LogP contribution in [0.5, 0.6) is 11.8 Å². The molecule has 4 rings (SSSR count). The number of ether oxygens (including phenoxy) is 2. The van der Waals surface area contributed by atoms with Gasteiger partial charge in [-0.3, -0.25) is 4.79 Å². The number of rotatable bonds is 9. The van der Waals surface area contributed by atoms with Crippen molar-refractivity contribution in [2.75, 3.05) is 25.7 Å². The normalized spacial score (nSPS) is 16.4. The number of anilines is 1. The number of aromatic carboxylic acids is 1. The molecule has 1 N–H and O–H groups in total.